The zero-order chi connectivity index (χ0) is 18.0. The van der Waals surface area contributed by atoms with Gasteiger partial charge in [0, 0.05) is 21.8 Å². The van der Waals surface area contributed by atoms with Gasteiger partial charge in [0.1, 0.15) is 16.8 Å². The van der Waals surface area contributed by atoms with Crippen molar-refractivity contribution >= 4 is 46.2 Å². The van der Waals surface area contributed by atoms with Gasteiger partial charge in [0.15, 0.2) is 0 Å². The lowest BCUT2D eigenvalue weighted by molar-refractivity contribution is -0.137. The van der Waals surface area contributed by atoms with E-state index in [2.05, 4.69) is 10.3 Å². The lowest BCUT2D eigenvalue weighted by Crippen LogP contribution is -2.26. The number of carboxylic acids is 1. The zero-order valence-electron chi connectivity index (χ0n) is 13.3. The van der Waals surface area contributed by atoms with E-state index in [1.165, 1.54) is 0 Å². The summed E-state index contributed by atoms with van der Waals surface area (Å²) in [6.45, 7) is 0. The molecule has 5 nitrogen and oxygen atoms in total. The quantitative estimate of drug-likeness (QED) is 0.797. The third-order valence-electron chi connectivity index (χ3n) is 3.81. The van der Waals surface area contributed by atoms with Gasteiger partial charge in [-0.05, 0) is 30.3 Å². The van der Waals surface area contributed by atoms with Crippen LogP contribution in [0.25, 0.3) is 0 Å². The van der Waals surface area contributed by atoms with Crippen LogP contribution in [0.5, 0.6) is 5.75 Å². The molecule has 0 aliphatic carbocycles. The monoisotopic (exact) mass is 374 g/mol. The number of aliphatic imine (C=N–C) groups is 1. The summed E-state index contributed by atoms with van der Waals surface area (Å²) in [7, 11) is 1.59. The predicted octanol–water partition coefficient (Wildman–Crippen LogP) is 3.78. The number of carbonyl (C=O) groups is 1. The molecular formula is C18H15ClN2O3S. The van der Waals surface area contributed by atoms with Crippen LogP contribution in [0.2, 0.25) is 5.02 Å². The van der Waals surface area contributed by atoms with Crippen molar-refractivity contribution in [3.63, 3.8) is 0 Å². The molecule has 0 unspecified atom stereocenters. The van der Waals surface area contributed by atoms with Crippen molar-refractivity contribution in [2.75, 3.05) is 12.4 Å². The predicted molar refractivity (Wildman–Crippen MR) is 102 cm³/mol. The largest absolute Gasteiger partial charge is 0.497 e. The molecule has 1 heterocycles. The van der Waals surface area contributed by atoms with Crippen LogP contribution >= 0.6 is 23.8 Å². The number of methoxy groups -OCH3 is 1. The van der Waals surface area contributed by atoms with Gasteiger partial charge in [-0.25, -0.2) is 0 Å². The van der Waals surface area contributed by atoms with Gasteiger partial charge in [0.25, 0.3) is 0 Å². The number of carboxylic acid groups (broad SMARTS) is 1. The van der Waals surface area contributed by atoms with Crippen molar-refractivity contribution in [2.45, 2.75) is 12.5 Å². The maximum atomic E-state index is 11.2. The molecule has 1 atom stereocenters. The Morgan fingerprint density at radius 3 is 2.68 bits per heavy atom. The van der Waals surface area contributed by atoms with Crippen LogP contribution in [0.1, 0.15) is 17.5 Å². The van der Waals surface area contributed by atoms with Crippen LogP contribution in [-0.4, -0.2) is 34.9 Å². The summed E-state index contributed by atoms with van der Waals surface area (Å²) in [5, 5.41) is 12.9. The molecule has 0 radical (unpaired) electrons. The van der Waals surface area contributed by atoms with Crippen molar-refractivity contribution in [3.8, 4) is 5.75 Å². The Balaban J connectivity index is 2.18. The van der Waals surface area contributed by atoms with Gasteiger partial charge in [-0.2, -0.15) is 0 Å². The van der Waals surface area contributed by atoms with E-state index >= 15 is 0 Å². The van der Waals surface area contributed by atoms with Crippen molar-refractivity contribution in [2.24, 2.45) is 4.99 Å². The highest BCUT2D eigenvalue weighted by molar-refractivity contribution is 7.80. The van der Waals surface area contributed by atoms with Crippen molar-refractivity contribution in [1.82, 2.24) is 0 Å². The summed E-state index contributed by atoms with van der Waals surface area (Å²) in [5.74, 6) is -0.290. The number of hydrogen-bond acceptors (Lipinski definition) is 4. The number of thiocarbonyl (C=S) groups is 1. The third kappa shape index (κ3) is 3.81. The van der Waals surface area contributed by atoms with E-state index in [1.807, 2.05) is 30.3 Å². The van der Waals surface area contributed by atoms with Gasteiger partial charge >= 0.3 is 5.97 Å². The van der Waals surface area contributed by atoms with Crippen LogP contribution in [0.15, 0.2) is 47.5 Å². The fraction of sp³-hybridized carbons (Fsp3) is 0.167. The van der Waals surface area contributed by atoms with Crippen molar-refractivity contribution in [3.05, 3.63) is 58.6 Å². The minimum absolute atomic E-state index is 0.186. The molecule has 0 fully saturated rings. The zero-order valence-corrected chi connectivity index (χ0v) is 14.9. The maximum Gasteiger partial charge on any atom is 0.305 e. The molecule has 0 amide bonds. The molecule has 1 aliphatic heterocycles. The first kappa shape index (κ1) is 17.4. The van der Waals surface area contributed by atoms with E-state index in [0.717, 1.165) is 16.8 Å². The highest BCUT2D eigenvalue weighted by Gasteiger charge is 2.25. The minimum Gasteiger partial charge on any atom is -0.497 e. The Bertz CT molecular complexity index is 865. The number of anilines is 1. The smallest absolute Gasteiger partial charge is 0.305 e. The van der Waals surface area contributed by atoms with Crippen LogP contribution < -0.4 is 10.1 Å². The third-order valence-corrected chi connectivity index (χ3v) is 4.44. The first-order chi connectivity index (χ1) is 12.0. The highest BCUT2D eigenvalue weighted by Crippen LogP contribution is 2.29. The number of halogens is 1. The fourth-order valence-electron chi connectivity index (χ4n) is 2.60. The van der Waals surface area contributed by atoms with E-state index < -0.39 is 12.0 Å². The standard InChI is InChI=1S/C18H15ClN2O3S/c1-24-12-6-7-14-13(8-12)17(10-2-4-11(19)5-3-10)20-15(9-16(22)23)18(25)21-14/h2-8,15H,9H2,1H3,(H,21,25)(H,22,23)/t15-/m0/s1. The van der Waals surface area contributed by atoms with Gasteiger partial charge in [-0.3, -0.25) is 9.79 Å². The Labute approximate surface area is 155 Å². The van der Waals surface area contributed by atoms with Gasteiger partial charge < -0.3 is 15.2 Å². The number of fused-ring (bicyclic) bond motifs is 1. The number of benzene rings is 2. The topological polar surface area (TPSA) is 70.9 Å². The van der Waals surface area contributed by atoms with Crippen LogP contribution in [0.4, 0.5) is 5.69 Å². The molecule has 0 spiro atoms. The highest BCUT2D eigenvalue weighted by atomic mass is 35.5. The average molecular weight is 375 g/mol. The molecule has 128 valence electrons. The normalized spacial score (nSPS) is 16.3. The van der Waals surface area contributed by atoms with Crippen molar-refractivity contribution < 1.29 is 14.6 Å². The first-order valence-corrected chi connectivity index (χ1v) is 8.31. The summed E-state index contributed by atoms with van der Waals surface area (Å²) in [6.07, 6.45) is -0.186. The van der Waals surface area contributed by atoms with Gasteiger partial charge in [-0.15, -0.1) is 0 Å². The summed E-state index contributed by atoms with van der Waals surface area (Å²) in [5.41, 5.74) is 3.01. The first-order valence-electron chi connectivity index (χ1n) is 7.52. The second-order valence-corrected chi connectivity index (χ2v) is 6.38. The SMILES string of the molecule is COc1ccc2c(c1)C(c1ccc(Cl)cc1)=N[C@@H](CC(=O)O)C(=S)N2. The lowest BCUT2D eigenvalue weighted by atomic mass is 10.00. The fourth-order valence-corrected chi connectivity index (χ4v) is 2.97. The molecular weight excluding hydrogens is 360 g/mol. The molecule has 2 N–H and O–H groups in total. The number of nitrogens with zero attached hydrogens (tertiary/aromatic N) is 1. The molecule has 0 aromatic heterocycles. The van der Waals surface area contributed by atoms with Gasteiger partial charge in [0.05, 0.1) is 19.2 Å². The Morgan fingerprint density at radius 2 is 2.04 bits per heavy atom. The van der Waals surface area contributed by atoms with Gasteiger partial charge in [-0.1, -0.05) is 36.0 Å². The Hall–Kier alpha value is -2.44. The minimum atomic E-state index is -0.961. The number of ether oxygens (including phenoxy) is 1. The van der Waals surface area contributed by atoms with E-state index in [-0.39, 0.29) is 6.42 Å². The van der Waals surface area contributed by atoms with E-state index in [9.17, 15) is 9.90 Å². The summed E-state index contributed by atoms with van der Waals surface area (Å²) < 4.78 is 5.31. The Kier molecular flexibility index (Phi) is 5.01. The van der Waals surface area contributed by atoms with E-state index in [4.69, 9.17) is 28.6 Å². The summed E-state index contributed by atoms with van der Waals surface area (Å²) in [6, 6.07) is 12.1. The number of rotatable bonds is 4. The molecule has 0 saturated heterocycles. The van der Waals surface area contributed by atoms with Gasteiger partial charge in [0.2, 0.25) is 0 Å². The van der Waals surface area contributed by atoms with E-state index in [0.29, 0.717) is 21.5 Å². The van der Waals surface area contributed by atoms with E-state index in [1.54, 1.807) is 19.2 Å². The van der Waals surface area contributed by atoms with Crippen molar-refractivity contribution in [1.29, 1.82) is 0 Å². The lowest BCUT2D eigenvalue weighted by Gasteiger charge is -2.12. The number of hydrogen-bond donors (Lipinski definition) is 2. The van der Waals surface area contributed by atoms with Crippen LogP contribution in [0, 0.1) is 0 Å². The molecule has 0 saturated carbocycles. The maximum absolute atomic E-state index is 11.2. The molecule has 2 aromatic rings. The average Bonchev–Trinajstić information content (AvgIpc) is 2.72. The van der Waals surface area contributed by atoms with Crippen LogP contribution in [-0.2, 0) is 4.79 Å². The second kappa shape index (κ2) is 7.21. The Morgan fingerprint density at radius 1 is 1.32 bits per heavy atom. The number of nitrogens with one attached hydrogen (secondary N) is 1. The van der Waals surface area contributed by atoms with Crippen LogP contribution in [0.3, 0.4) is 0 Å². The number of benzodiazepines with no additional fused rings is 1. The number of aliphatic carboxylic acids is 1. The molecule has 3 rings (SSSR count). The summed E-state index contributed by atoms with van der Waals surface area (Å²) >= 11 is 11.3. The molecule has 25 heavy (non-hydrogen) atoms. The second-order valence-electron chi connectivity index (χ2n) is 5.50. The summed E-state index contributed by atoms with van der Waals surface area (Å²) in [4.78, 5) is 16.2. The molecule has 0 bridgehead atoms. The molecule has 1 aliphatic rings. The molecule has 2 aromatic carbocycles. The molecule has 7 heteroatoms.